The lowest BCUT2D eigenvalue weighted by Crippen LogP contribution is -2.33. The molecule has 1 saturated heterocycles. The summed E-state index contributed by atoms with van der Waals surface area (Å²) in [5.41, 5.74) is 2.58. The summed E-state index contributed by atoms with van der Waals surface area (Å²) in [4.78, 5) is 12.5. The summed E-state index contributed by atoms with van der Waals surface area (Å²) in [6.07, 6.45) is 7.33. The largest absolute Gasteiger partial charge is 0.290 e. The first-order valence-corrected chi connectivity index (χ1v) is 7.75. The summed E-state index contributed by atoms with van der Waals surface area (Å²) < 4.78 is 0. The topological polar surface area (TPSA) is 29.0 Å². The predicted octanol–water partition coefficient (Wildman–Crippen LogP) is 3.57. The lowest BCUT2D eigenvalue weighted by atomic mass is 9.99. The van der Waals surface area contributed by atoms with Crippen LogP contribution in [0.2, 0.25) is 0 Å². The highest BCUT2D eigenvalue weighted by Crippen LogP contribution is 2.32. The van der Waals surface area contributed by atoms with E-state index < -0.39 is 0 Å². The molecule has 2 aromatic heterocycles. The SMILES string of the molecule is Cc1ccsc1CN1CCCC[C@H]1c1ccncn1. The zero-order valence-corrected chi connectivity index (χ0v) is 12.1. The molecule has 0 N–H and O–H groups in total. The summed E-state index contributed by atoms with van der Waals surface area (Å²) in [6.45, 7) is 4.43. The Bertz CT molecular complexity index is 523. The van der Waals surface area contributed by atoms with Gasteiger partial charge >= 0.3 is 0 Å². The molecule has 0 aromatic carbocycles. The molecule has 0 amide bonds. The number of piperidine rings is 1. The van der Waals surface area contributed by atoms with Crippen molar-refractivity contribution in [2.45, 2.75) is 38.8 Å². The third-order valence-corrected chi connectivity index (χ3v) is 4.88. The van der Waals surface area contributed by atoms with E-state index in [-0.39, 0.29) is 0 Å². The van der Waals surface area contributed by atoms with E-state index in [0.29, 0.717) is 6.04 Å². The van der Waals surface area contributed by atoms with Gasteiger partial charge < -0.3 is 0 Å². The summed E-state index contributed by atoms with van der Waals surface area (Å²) in [6, 6.07) is 4.73. The molecule has 1 aliphatic rings. The zero-order valence-electron chi connectivity index (χ0n) is 11.2. The van der Waals surface area contributed by atoms with Gasteiger partial charge in [-0.25, -0.2) is 9.97 Å². The van der Waals surface area contributed by atoms with Gasteiger partial charge in [0.25, 0.3) is 0 Å². The molecule has 0 radical (unpaired) electrons. The van der Waals surface area contributed by atoms with Crippen LogP contribution in [0.15, 0.2) is 30.0 Å². The molecule has 4 heteroatoms. The van der Waals surface area contributed by atoms with Crippen LogP contribution >= 0.6 is 11.3 Å². The lowest BCUT2D eigenvalue weighted by molar-refractivity contribution is 0.138. The average molecular weight is 273 g/mol. The average Bonchev–Trinajstić information content (AvgIpc) is 2.86. The van der Waals surface area contributed by atoms with Crippen LogP contribution in [-0.4, -0.2) is 21.4 Å². The van der Waals surface area contributed by atoms with Gasteiger partial charge in [-0.15, -0.1) is 11.3 Å². The Balaban J connectivity index is 1.80. The second kappa shape index (κ2) is 5.80. The molecule has 2 aromatic rings. The highest BCUT2D eigenvalue weighted by atomic mass is 32.1. The van der Waals surface area contributed by atoms with E-state index in [4.69, 9.17) is 0 Å². The van der Waals surface area contributed by atoms with Crippen LogP contribution in [-0.2, 0) is 6.54 Å². The van der Waals surface area contributed by atoms with Gasteiger partial charge in [-0.1, -0.05) is 6.42 Å². The molecule has 100 valence electrons. The Morgan fingerprint density at radius 1 is 1.37 bits per heavy atom. The molecule has 3 heterocycles. The van der Waals surface area contributed by atoms with Crippen LogP contribution in [0, 0.1) is 6.92 Å². The fraction of sp³-hybridized carbons (Fsp3) is 0.467. The molecular formula is C15H19N3S. The maximum atomic E-state index is 4.45. The fourth-order valence-electron chi connectivity index (χ4n) is 2.76. The molecule has 0 unspecified atom stereocenters. The summed E-state index contributed by atoms with van der Waals surface area (Å²) in [5, 5.41) is 2.19. The minimum Gasteiger partial charge on any atom is -0.290 e. The standard InChI is InChI=1S/C15H19N3S/c1-12-6-9-19-15(12)10-18-8-3-2-4-14(18)13-5-7-16-11-17-13/h5-7,9,11,14H,2-4,8,10H2,1H3/t14-/m0/s1. The summed E-state index contributed by atoms with van der Waals surface area (Å²) in [7, 11) is 0. The van der Waals surface area contributed by atoms with Crippen molar-refractivity contribution < 1.29 is 0 Å². The number of aryl methyl sites for hydroxylation is 1. The van der Waals surface area contributed by atoms with E-state index in [1.54, 1.807) is 6.33 Å². The molecule has 0 bridgehead atoms. The van der Waals surface area contributed by atoms with Gasteiger partial charge in [-0.3, -0.25) is 4.90 Å². The minimum atomic E-state index is 0.457. The second-order valence-electron chi connectivity index (χ2n) is 5.14. The van der Waals surface area contributed by atoms with Crippen molar-refractivity contribution >= 4 is 11.3 Å². The van der Waals surface area contributed by atoms with E-state index in [2.05, 4.69) is 39.3 Å². The van der Waals surface area contributed by atoms with Crippen molar-refractivity contribution in [2.24, 2.45) is 0 Å². The normalized spacial score (nSPS) is 20.6. The Hall–Kier alpha value is -1.26. The van der Waals surface area contributed by atoms with Crippen molar-refractivity contribution in [3.63, 3.8) is 0 Å². The van der Waals surface area contributed by atoms with Gasteiger partial charge in [-0.2, -0.15) is 0 Å². The van der Waals surface area contributed by atoms with Gasteiger partial charge in [0.2, 0.25) is 0 Å². The third-order valence-electron chi connectivity index (χ3n) is 3.87. The van der Waals surface area contributed by atoms with Gasteiger partial charge in [-0.05, 0) is 49.4 Å². The zero-order chi connectivity index (χ0) is 13.1. The first-order valence-electron chi connectivity index (χ1n) is 6.87. The molecule has 1 aliphatic heterocycles. The van der Waals surface area contributed by atoms with Crippen molar-refractivity contribution in [3.05, 3.63) is 46.2 Å². The molecule has 3 nitrogen and oxygen atoms in total. The Kier molecular flexibility index (Phi) is 3.89. The predicted molar refractivity (Wildman–Crippen MR) is 78.1 cm³/mol. The van der Waals surface area contributed by atoms with Crippen molar-refractivity contribution in [3.8, 4) is 0 Å². The molecule has 19 heavy (non-hydrogen) atoms. The van der Waals surface area contributed by atoms with Gasteiger partial charge in [0.15, 0.2) is 0 Å². The number of hydrogen-bond acceptors (Lipinski definition) is 4. The van der Waals surface area contributed by atoms with Gasteiger partial charge in [0, 0.05) is 17.6 Å². The number of thiophene rings is 1. The van der Waals surface area contributed by atoms with Gasteiger partial charge in [0.1, 0.15) is 6.33 Å². The molecule has 0 aliphatic carbocycles. The van der Waals surface area contributed by atoms with E-state index >= 15 is 0 Å². The Morgan fingerprint density at radius 3 is 3.05 bits per heavy atom. The number of aromatic nitrogens is 2. The molecule has 1 fully saturated rings. The molecule has 0 saturated carbocycles. The van der Waals surface area contributed by atoms with Crippen LogP contribution in [0.25, 0.3) is 0 Å². The lowest BCUT2D eigenvalue weighted by Gasteiger charge is -2.35. The molecule has 3 rings (SSSR count). The first-order chi connectivity index (χ1) is 9.34. The molecule has 1 atom stereocenters. The third kappa shape index (κ3) is 2.85. The molecular weight excluding hydrogens is 254 g/mol. The molecule has 0 spiro atoms. The van der Waals surface area contributed by atoms with Crippen molar-refractivity contribution in [1.82, 2.24) is 14.9 Å². The number of nitrogens with zero attached hydrogens (tertiary/aromatic N) is 3. The van der Waals surface area contributed by atoms with Crippen molar-refractivity contribution in [2.75, 3.05) is 6.54 Å². The van der Waals surface area contributed by atoms with Crippen LogP contribution < -0.4 is 0 Å². The first kappa shape index (κ1) is 12.8. The van der Waals surface area contributed by atoms with E-state index in [0.717, 1.165) is 6.54 Å². The van der Waals surface area contributed by atoms with Crippen LogP contribution in [0.5, 0.6) is 0 Å². The highest BCUT2D eigenvalue weighted by molar-refractivity contribution is 7.10. The van der Waals surface area contributed by atoms with Gasteiger partial charge in [0.05, 0.1) is 11.7 Å². The van der Waals surface area contributed by atoms with Crippen LogP contribution in [0.4, 0.5) is 0 Å². The maximum absolute atomic E-state index is 4.45. The number of rotatable bonds is 3. The van der Waals surface area contributed by atoms with E-state index in [1.807, 2.05) is 17.5 Å². The van der Waals surface area contributed by atoms with E-state index in [1.165, 1.54) is 41.9 Å². The monoisotopic (exact) mass is 273 g/mol. The second-order valence-corrected chi connectivity index (χ2v) is 6.14. The fourth-order valence-corrected chi connectivity index (χ4v) is 3.69. The minimum absolute atomic E-state index is 0.457. The van der Waals surface area contributed by atoms with E-state index in [9.17, 15) is 0 Å². The Labute approximate surface area is 118 Å². The van der Waals surface area contributed by atoms with Crippen LogP contribution in [0.3, 0.4) is 0 Å². The number of hydrogen-bond donors (Lipinski definition) is 0. The quantitative estimate of drug-likeness (QED) is 0.856. The van der Waals surface area contributed by atoms with Crippen LogP contribution in [0.1, 0.15) is 41.4 Å². The highest BCUT2D eigenvalue weighted by Gasteiger charge is 2.25. The van der Waals surface area contributed by atoms with Crippen molar-refractivity contribution in [1.29, 1.82) is 0 Å². The smallest absolute Gasteiger partial charge is 0.115 e. The Morgan fingerprint density at radius 2 is 2.32 bits per heavy atom. The maximum Gasteiger partial charge on any atom is 0.115 e. The summed E-state index contributed by atoms with van der Waals surface area (Å²) >= 11 is 1.87. The number of likely N-dealkylation sites (tertiary alicyclic amines) is 1. The summed E-state index contributed by atoms with van der Waals surface area (Å²) in [5.74, 6) is 0.